The molecule has 1 heterocycles. The minimum atomic E-state index is -0.0640. The summed E-state index contributed by atoms with van der Waals surface area (Å²) in [5.74, 6) is 0.622. The van der Waals surface area contributed by atoms with Gasteiger partial charge in [0.25, 0.3) is 5.56 Å². The molecule has 0 aliphatic carbocycles. The maximum absolute atomic E-state index is 11.9. The van der Waals surface area contributed by atoms with Crippen LogP contribution in [0.2, 0.25) is 0 Å². The molecule has 0 N–H and O–H groups in total. The fraction of sp³-hybridized carbons (Fsp3) is 0.286. The summed E-state index contributed by atoms with van der Waals surface area (Å²) in [4.78, 5) is 11.9. The van der Waals surface area contributed by atoms with Crippen LogP contribution in [0.25, 0.3) is 11.1 Å². The predicted octanol–water partition coefficient (Wildman–Crippen LogP) is 2.93. The Kier molecular flexibility index (Phi) is 4.53. The Morgan fingerprint density at radius 2 is 1.89 bits per heavy atom. The standard InChI is InChI=1S/C14H15ClN2O/c15-8-4-5-9-17-14(18)10-13(11-16-17)12-6-2-1-3-7-12/h1-3,6-7,10-11H,4-5,8-9H2. The highest BCUT2D eigenvalue weighted by atomic mass is 35.5. The quantitative estimate of drug-likeness (QED) is 0.613. The van der Waals surface area contributed by atoms with E-state index in [0.29, 0.717) is 12.4 Å². The Bertz CT molecular complexity index is 551. The molecule has 94 valence electrons. The van der Waals surface area contributed by atoms with E-state index < -0.39 is 0 Å². The third kappa shape index (κ3) is 3.20. The van der Waals surface area contributed by atoms with Gasteiger partial charge < -0.3 is 0 Å². The molecule has 0 radical (unpaired) electrons. The van der Waals surface area contributed by atoms with Crippen molar-refractivity contribution in [2.24, 2.45) is 0 Å². The molecule has 0 unspecified atom stereocenters. The molecular weight excluding hydrogens is 248 g/mol. The number of halogens is 1. The number of nitrogens with zero attached hydrogens (tertiary/aromatic N) is 2. The van der Waals surface area contributed by atoms with Gasteiger partial charge in [-0.05, 0) is 18.4 Å². The molecule has 0 saturated heterocycles. The van der Waals surface area contributed by atoms with Crippen LogP contribution in [0, 0.1) is 0 Å². The fourth-order valence-electron chi connectivity index (χ4n) is 1.75. The Labute approximate surface area is 111 Å². The molecule has 0 aliphatic rings. The fourth-order valence-corrected chi connectivity index (χ4v) is 1.94. The first-order valence-electron chi connectivity index (χ1n) is 6.00. The van der Waals surface area contributed by atoms with Gasteiger partial charge in [0.05, 0.1) is 6.20 Å². The summed E-state index contributed by atoms with van der Waals surface area (Å²) in [7, 11) is 0. The number of benzene rings is 1. The largest absolute Gasteiger partial charge is 0.268 e. The van der Waals surface area contributed by atoms with Crippen LogP contribution in [-0.4, -0.2) is 15.7 Å². The zero-order valence-electron chi connectivity index (χ0n) is 10.1. The number of hydrogen-bond acceptors (Lipinski definition) is 2. The second-order valence-electron chi connectivity index (χ2n) is 4.07. The lowest BCUT2D eigenvalue weighted by Crippen LogP contribution is -2.22. The van der Waals surface area contributed by atoms with Gasteiger partial charge in [0.2, 0.25) is 0 Å². The molecule has 0 spiro atoms. The van der Waals surface area contributed by atoms with Crippen molar-refractivity contribution in [1.82, 2.24) is 9.78 Å². The number of aromatic nitrogens is 2. The highest BCUT2D eigenvalue weighted by Crippen LogP contribution is 2.15. The van der Waals surface area contributed by atoms with Crippen LogP contribution in [0.15, 0.2) is 47.4 Å². The van der Waals surface area contributed by atoms with Crippen molar-refractivity contribution in [2.45, 2.75) is 19.4 Å². The minimum absolute atomic E-state index is 0.0640. The summed E-state index contributed by atoms with van der Waals surface area (Å²) >= 11 is 5.61. The lowest BCUT2D eigenvalue weighted by Gasteiger charge is -2.05. The Balaban J connectivity index is 2.18. The Hall–Kier alpha value is -1.61. The van der Waals surface area contributed by atoms with Crippen LogP contribution in [-0.2, 0) is 6.54 Å². The zero-order valence-corrected chi connectivity index (χ0v) is 10.8. The second-order valence-corrected chi connectivity index (χ2v) is 4.45. The van der Waals surface area contributed by atoms with Crippen LogP contribution in [0.3, 0.4) is 0 Å². The van der Waals surface area contributed by atoms with Gasteiger partial charge in [0, 0.05) is 24.1 Å². The van der Waals surface area contributed by atoms with Crippen molar-refractivity contribution in [2.75, 3.05) is 5.88 Å². The third-order valence-electron chi connectivity index (χ3n) is 2.73. The Morgan fingerprint density at radius 3 is 2.56 bits per heavy atom. The van der Waals surface area contributed by atoms with E-state index in [1.165, 1.54) is 4.68 Å². The molecule has 0 amide bonds. The zero-order chi connectivity index (χ0) is 12.8. The highest BCUT2D eigenvalue weighted by molar-refractivity contribution is 6.17. The van der Waals surface area contributed by atoms with Gasteiger partial charge in [-0.2, -0.15) is 5.10 Å². The van der Waals surface area contributed by atoms with Gasteiger partial charge >= 0.3 is 0 Å². The van der Waals surface area contributed by atoms with Gasteiger partial charge in [-0.1, -0.05) is 30.3 Å². The molecular formula is C14H15ClN2O. The molecule has 3 nitrogen and oxygen atoms in total. The number of aryl methyl sites for hydroxylation is 1. The maximum Gasteiger partial charge on any atom is 0.267 e. The topological polar surface area (TPSA) is 34.9 Å². The van der Waals surface area contributed by atoms with Crippen LogP contribution in [0.4, 0.5) is 0 Å². The van der Waals surface area contributed by atoms with Crippen molar-refractivity contribution < 1.29 is 0 Å². The first-order chi connectivity index (χ1) is 8.81. The SMILES string of the molecule is O=c1cc(-c2ccccc2)cnn1CCCCCl. The number of unbranched alkanes of at least 4 members (excludes halogenated alkanes) is 1. The van der Waals surface area contributed by atoms with Crippen molar-refractivity contribution in [3.05, 3.63) is 52.9 Å². The van der Waals surface area contributed by atoms with Gasteiger partial charge in [0.1, 0.15) is 0 Å². The van der Waals surface area contributed by atoms with Gasteiger partial charge in [-0.15, -0.1) is 11.6 Å². The van der Waals surface area contributed by atoms with E-state index >= 15 is 0 Å². The molecule has 0 aliphatic heterocycles. The molecule has 0 fully saturated rings. The van der Waals surface area contributed by atoms with E-state index in [9.17, 15) is 4.79 Å². The molecule has 0 saturated carbocycles. The average molecular weight is 263 g/mol. The van der Waals surface area contributed by atoms with Crippen molar-refractivity contribution in [3.63, 3.8) is 0 Å². The van der Waals surface area contributed by atoms with Gasteiger partial charge in [-0.3, -0.25) is 4.79 Å². The molecule has 2 rings (SSSR count). The molecule has 1 aromatic carbocycles. The number of hydrogen-bond donors (Lipinski definition) is 0. The molecule has 1 aromatic heterocycles. The minimum Gasteiger partial charge on any atom is -0.268 e. The smallest absolute Gasteiger partial charge is 0.267 e. The van der Waals surface area contributed by atoms with Crippen LogP contribution in [0.5, 0.6) is 0 Å². The van der Waals surface area contributed by atoms with Gasteiger partial charge in [0.15, 0.2) is 0 Å². The van der Waals surface area contributed by atoms with Crippen LogP contribution < -0.4 is 5.56 Å². The Morgan fingerprint density at radius 1 is 1.11 bits per heavy atom. The van der Waals surface area contributed by atoms with E-state index in [4.69, 9.17) is 11.6 Å². The lowest BCUT2D eigenvalue weighted by atomic mass is 10.1. The molecule has 0 atom stereocenters. The molecule has 18 heavy (non-hydrogen) atoms. The second kappa shape index (κ2) is 6.36. The van der Waals surface area contributed by atoms with E-state index in [0.717, 1.165) is 24.0 Å². The van der Waals surface area contributed by atoms with E-state index in [2.05, 4.69) is 5.10 Å². The summed E-state index contributed by atoms with van der Waals surface area (Å²) in [5.41, 5.74) is 1.80. The summed E-state index contributed by atoms with van der Waals surface area (Å²) in [5, 5.41) is 4.19. The summed E-state index contributed by atoms with van der Waals surface area (Å²) in [6.07, 6.45) is 3.51. The number of rotatable bonds is 5. The van der Waals surface area contributed by atoms with E-state index in [1.807, 2.05) is 30.3 Å². The molecule has 4 heteroatoms. The maximum atomic E-state index is 11.9. The van der Waals surface area contributed by atoms with E-state index in [1.54, 1.807) is 12.3 Å². The third-order valence-corrected chi connectivity index (χ3v) is 3.00. The lowest BCUT2D eigenvalue weighted by molar-refractivity contribution is 0.544. The van der Waals surface area contributed by atoms with Crippen molar-refractivity contribution >= 4 is 11.6 Å². The van der Waals surface area contributed by atoms with Gasteiger partial charge in [-0.25, -0.2) is 4.68 Å². The summed E-state index contributed by atoms with van der Waals surface area (Å²) in [6, 6.07) is 11.4. The monoisotopic (exact) mass is 262 g/mol. The first kappa shape index (κ1) is 12.8. The number of alkyl halides is 1. The van der Waals surface area contributed by atoms with Crippen molar-refractivity contribution in [1.29, 1.82) is 0 Å². The summed E-state index contributed by atoms with van der Waals surface area (Å²) in [6.45, 7) is 0.626. The average Bonchev–Trinajstić information content (AvgIpc) is 2.42. The molecule has 0 bridgehead atoms. The van der Waals surface area contributed by atoms with Crippen LogP contribution >= 0.6 is 11.6 Å². The molecule has 2 aromatic rings. The first-order valence-corrected chi connectivity index (χ1v) is 6.53. The summed E-state index contributed by atoms with van der Waals surface area (Å²) < 4.78 is 1.49. The van der Waals surface area contributed by atoms with E-state index in [-0.39, 0.29) is 5.56 Å². The predicted molar refractivity (Wildman–Crippen MR) is 73.9 cm³/mol. The highest BCUT2D eigenvalue weighted by Gasteiger charge is 2.01. The van der Waals surface area contributed by atoms with Crippen molar-refractivity contribution in [3.8, 4) is 11.1 Å². The van der Waals surface area contributed by atoms with Crippen LogP contribution in [0.1, 0.15) is 12.8 Å². The normalized spacial score (nSPS) is 10.5.